The number of thioether (sulfide) groups is 1. The molecule has 2 fully saturated rings. The molecule has 2 aromatic rings. The third-order valence-corrected chi connectivity index (χ3v) is 4.61. The van der Waals surface area contributed by atoms with Crippen LogP contribution in [0.4, 0.5) is 0 Å². The van der Waals surface area contributed by atoms with E-state index in [0.29, 0.717) is 4.68 Å². The van der Waals surface area contributed by atoms with Crippen molar-refractivity contribution in [1.29, 1.82) is 0 Å². The van der Waals surface area contributed by atoms with E-state index in [9.17, 15) is 6.48 Å². The number of aromatic nitrogens is 5. The Labute approximate surface area is 187 Å². The number of aliphatic hydroxyl groups excluding tert-OH is 1. The summed E-state index contributed by atoms with van der Waals surface area (Å²) in [5.41, 5.74) is -3.74. The molecule has 28 heavy (non-hydrogen) atoms. The summed E-state index contributed by atoms with van der Waals surface area (Å²) < 4.78 is 108. The van der Waals surface area contributed by atoms with Gasteiger partial charge in [-0.1, -0.05) is 35.4 Å². The van der Waals surface area contributed by atoms with E-state index in [4.69, 9.17) is 39.5 Å². The molecule has 3 heterocycles. The van der Waals surface area contributed by atoms with Gasteiger partial charge in [0.1, 0.15) is 12.2 Å². The van der Waals surface area contributed by atoms with E-state index in [2.05, 4.69) is 20.3 Å². The highest BCUT2D eigenvalue weighted by atomic mass is 35.5. The van der Waals surface area contributed by atoms with Crippen LogP contribution in [-0.4, -0.2) is 73.0 Å². The van der Waals surface area contributed by atoms with Crippen molar-refractivity contribution >= 4 is 34.5 Å². The normalized spacial score (nSPS) is 46.6. The van der Waals surface area contributed by atoms with Crippen molar-refractivity contribution in [1.82, 2.24) is 25.0 Å². The van der Waals surface area contributed by atoms with Crippen molar-refractivity contribution < 1.29 is 34.4 Å². The number of halogens is 1. The van der Waals surface area contributed by atoms with Gasteiger partial charge in [0.25, 0.3) is 0 Å². The Balaban J connectivity index is 1.88. The van der Waals surface area contributed by atoms with Crippen molar-refractivity contribution in [3.8, 4) is 0 Å². The minimum absolute atomic E-state index is 0.0146. The number of ether oxygens (including phenoxy) is 3. The first kappa shape index (κ1) is 10.8. The summed E-state index contributed by atoms with van der Waals surface area (Å²) in [7, 11) is 0. The van der Waals surface area contributed by atoms with Gasteiger partial charge < -0.3 is 19.3 Å². The third-order valence-electron chi connectivity index (χ3n) is 3.78. The second-order valence-electron chi connectivity index (χ2n) is 6.16. The van der Waals surface area contributed by atoms with Gasteiger partial charge in [-0.25, -0.2) is 14.6 Å². The number of aliphatic hydroxyl groups is 1. The summed E-state index contributed by atoms with van der Waals surface area (Å²) >= 11 is 6.22. The number of hydrogen-bond acceptors (Lipinski definition) is 9. The molecule has 1 aliphatic heterocycles. The van der Waals surface area contributed by atoms with Crippen molar-refractivity contribution in [2.45, 2.75) is 68.7 Å². The van der Waals surface area contributed by atoms with Crippen LogP contribution in [0, 0.1) is 0 Å². The van der Waals surface area contributed by atoms with Gasteiger partial charge in [-0.05, 0) is 20.2 Å². The van der Waals surface area contributed by atoms with E-state index >= 15 is 0 Å². The van der Waals surface area contributed by atoms with Gasteiger partial charge >= 0.3 is 0 Å². The van der Waals surface area contributed by atoms with Crippen molar-refractivity contribution in [2.75, 3.05) is 18.9 Å². The first-order chi connectivity index (χ1) is 17.6. The molecule has 9 nitrogen and oxygen atoms in total. The average Bonchev–Trinajstić information content (AvgIpc) is 3.31. The Morgan fingerprint density at radius 1 is 1.50 bits per heavy atom. The lowest BCUT2D eigenvalue weighted by atomic mass is 10.2. The molecule has 1 aliphatic carbocycles. The minimum Gasteiger partial charge on any atom is -0.394 e. The summed E-state index contributed by atoms with van der Waals surface area (Å²) in [6, 6.07) is -2.66. The molecule has 4 rings (SSSR count). The molecular formula is C17H24ClN5O4S. The highest BCUT2D eigenvalue weighted by molar-refractivity contribution is 7.99. The number of hydrogen-bond donors (Lipinski definition) is 1. The molecule has 11 heteroatoms. The van der Waals surface area contributed by atoms with Gasteiger partial charge in [0.15, 0.2) is 27.3 Å². The lowest BCUT2D eigenvalue weighted by molar-refractivity contribution is -0.171. The van der Waals surface area contributed by atoms with E-state index in [-0.39, 0.29) is 23.9 Å². The Kier molecular flexibility index (Phi) is 3.09. The molecule has 0 spiro atoms. The number of fused-ring (bicyclic) bond motifs is 2. The predicted octanol–water partition coefficient (Wildman–Crippen LogP) is 2.22. The molecule has 2 aromatic heterocycles. The second-order valence-corrected chi connectivity index (χ2v) is 7.30. The average molecular weight is 441 g/mol. The molecule has 1 saturated carbocycles. The van der Waals surface area contributed by atoms with Crippen LogP contribution in [0.25, 0.3) is 11.2 Å². The highest BCUT2D eigenvalue weighted by Gasteiger charge is 2.56. The van der Waals surface area contributed by atoms with Crippen molar-refractivity contribution in [3.05, 3.63) is 5.15 Å². The summed E-state index contributed by atoms with van der Waals surface area (Å²) in [5.74, 6) is -1.59. The summed E-state index contributed by atoms with van der Waals surface area (Å²) in [6.07, 6.45) is -11.9. The van der Waals surface area contributed by atoms with Gasteiger partial charge in [0.05, 0.1) is 29.4 Å². The van der Waals surface area contributed by atoms with E-state index in [1.165, 1.54) is 13.8 Å². The Hall–Kier alpha value is -1.04. The summed E-state index contributed by atoms with van der Waals surface area (Å²) in [5, 5.41) is 16.0. The Morgan fingerprint density at radius 3 is 3.11 bits per heavy atom. The van der Waals surface area contributed by atoms with Crippen LogP contribution in [0.5, 0.6) is 0 Å². The van der Waals surface area contributed by atoms with Crippen LogP contribution < -0.4 is 0 Å². The van der Waals surface area contributed by atoms with Crippen LogP contribution in [-0.2, 0) is 14.2 Å². The number of rotatable bonds is 7. The highest BCUT2D eigenvalue weighted by Crippen LogP contribution is 2.45. The van der Waals surface area contributed by atoms with Gasteiger partial charge in [-0.3, -0.25) is 0 Å². The largest absolute Gasteiger partial charge is 0.394 e. The van der Waals surface area contributed by atoms with E-state index in [1.807, 2.05) is 0 Å². The van der Waals surface area contributed by atoms with Crippen molar-refractivity contribution in [2.24, 2.45) is 0 Å². The van der Waals surface area contributed by atoms with Crippen LogP contribution >= 0.6 is 23.4 Å². The maximum absolute atomic E-state index is 9.32. The Morgan fingerprint density at radius 2 is 2.32 bits per heavy atom. The SMILES string of the molecule is [2H]C1[C@H](OCCO)[C@@]2([2H])OC(C)(C)O[C@@]2([2H])[C@]1([2H])n1nnc2c(Cl)nc(SC([2H])([2H])C([2H])([2H])C([2H])([2H])[2H])nc21. The van der Waals surface area contributed by atoms with E-state index < -0.39 is 78.0 Å². The predicted molar refractivity (Wildman–Crippen MR) is 103 cm³/mol. The first-order valence-electron chi connectivity index (χ1n) is 13.7. The zero-order valence-corrected chi connectivity index (χ0v) is 16.3. The minimum atomic E-state index is -3.35. The fraction of sp³-hybridized carbons (Fsp3) is 0.765. The fourth-order valence-electron chi connectivity index (χ4n) is 2.80. The zero-order chi connectivity index (χ0) is 29.6. The maximum atomic E-state index is 9.32. The van der Waals surface area contributed by atoms with Gasteiger partial charge in [0, 0.05) is 23.1 Å². The third kappa shape index (κ3) is 3.73. The van der Waals surface area contributed by atoms with Crippen LogP contribution in [0.15, 0.2) is 5.16 Å². The van der Waals surface area contributed by atoms with Gasteiger partial charge in [-0.2, -0.15) is 0 Å². The monoisotopic (exact) mass is 440 g/mol. The molecule has 2 aliphatic rings. The fourth-order valence-corrected chi connectivity index (χ4v) is 3.46. The quantitative estimate of drug-likeness (QED) is 0.394. The molecule has 1 N–H and O–H groups in total. The lowest BCUT2D eigenvalue weighted by Gasteiger charge is -2.23. The van der Waals surface area contributed by atoms with Crippen LogP contribution in [0.3, 0.4) is 0 Å². The maximum Gasteiger partial charge on any atom is 0.191 e. The number of nitrogens with zero attached hydrogens (tertiary/aromatic N) is 5. The van der Waals surface area contributed by atoms with Gasteiger partial charge in [-0.15, -0.1) is 5.10 Å². The van der Waals surface area contributed by atoms with E-state index in [1.54, 1.807) is 0 Å². The molecule has 1 saturated heterocycles. The molecule has 0 radical (unpaired) electrons. The molecule has 0 bridgehead atoms. The molecule has 5 atom stereocenters. The molecule has 0 amide bonds. The van der Waals surface area contributed by atoms with Crippen LogP contribution in [0.1, 0.15) is 54.6 Å². The van der Waals surface area contributed by atoms with Crippen molar-refractivity contribution in [3.63, 3.8) is 0 Å². The first-order valence-corrected chi connectivity index (χ1v) is 9.32. The standard InChI is InChI=1S/C17H24ClN5O4S/c1-4-7-28-16-19-14(18)11-15(20-16)23(22-21-11)9-8-10(25-6-5-24)13-12(9)26-17(2,3)27-13/h9-10,12-13,24H,4-8H2,1-3H3/t9-,10+,12+,13-/m1/s1/i1D3,4D2,7D2,8D,9D,12D,13D/t8?,9-,10+,12+,13-. The van der Waals surface area contributed by atoms with E-state index in [0.717, 1.165) is 0 Å². The van der Waals surface area contributed by atoms with Crippen LogP contribution in [0.2, 0.25) is 5.15 Å². The summed E-state index contributed by atoms with van der Waals surface area (Å²) in [6.45, 7) is -1.38. The lowest BCUT2D eigenvalue weighted by Crippen LogP contribution is -2.31. The molecule has 1 unspecified atom stereocenters. The molecular weight excluding hydrogens is 406 g/mol. The molecule has 154 valence electrons. The Bertz CT molecular complexity index is 1290. The van der Waals surface area contributed by atoms with Gasteiger partial charge in [0.2, 0.25) is 0 Å². The second kappa shape index (κ2) is 8.00. The summed E-state index contributed by atoms with van der Waals surface area (Å²) in [4.78, 5) is 7.93. The zero-order valence-electron chi connectivity index (χ0n) is 25.8. The topological polar surface area (TPSA) is 104 Å². The smallest absolute Gasteiger partial charge is 0.191 e. The molecule has 0 aromatic carbocycles.